The molecule has 1 N–H and O–H groups in total. The van der Waals surface area contributed by atoms with Crippen molar-refractivity contribution < 1.29 is 5.11 Å². The Kier molecular flexibility index (Phi) is 4.92. The first-order valence-corrected chi connectivity index (χ1v) is 12.5. The summed E-state index contributed by atoms with van der Waals surface area (Å²) in [6.45, 7) is 0.304. The Bertz CT molecular complexity index is 1250. The molecular formula is C27H29ClN2O2. The number of aromatic nitrogens is 2. The average Bonchev–Trinajstić information content (AvgIpc) is 3.08. The number of halogens is 1. The summed E-state index contributed by atoms with van der Waals surface area (Å²) in [5.41, 5.74) is 4.37. The van der Waals surface area contributed by atoms with Crippen LogP contribution in [-0.4, -0.2) is 21.3 Å². The van der Waals surface area contributed by atoms with Crippen LogP contribution in [0.15, 0.2) is 41.2 Å². The highest BCUT2D eigenvalue weighted by molar-refractivity contribution is 6.35. The lowest BCUT2D eigenvalue weighted by Gasteiger charge is -2.33. The highest BCUT2D eigenvalue weighted by atomic mass is 35.5. The van der Waals surface area contributed by atoms with Gasteiger partial charge in [-0.3, -0.25) is 9.36 Å². The molecule has 0 saturated heterocycles. The van der Waals surface area contributed by atoms with Crippen LogP contribution in [-0.2, 0) is 5.41 Å². The molecule has 4 nitrogen and oxygen atoms in total. The van der Waals surface area contributed by atoms with Crippen molar-refractivity contribution in [3.05, 3.63) is 68.7 Å². The van der Waals surface area contributed by atoms with E-state index in [0.717, 1.165) is 62.7 Å². The van der Waals surface area contributed by atoms with Gasteiger partial charge in [0.2, 0.25) is 0 Å². The van der Waals surface area contributed by atoms with Gasteiger partial charge < -0.3 is 5.11 Å². The van der Waals surface area contributed by atoms with Crippen LogP contribution in [0.2, 0.25) is 5.02 Å². The lowest BCUT2D eigenvalue weighted by Crippen LogP contribution is -2.32. The Hall–Kier alpha value is -2.17. The minimum absolute atomic E-state index is 0.170. The fourth-order valence-corrected chi connectivity index (χ4v) is 6.88. The number of nitrogens with zero attached hydrogens (tertiary/aromatic N) is 2. The van der Waals surface area contributed by atoms with E-state index in [-0.39, 0.29) is 11.0 Å². The fourth-order valence-electron chi connectivity index (χ4n) is 6.63. The minimum atomic E-state index is -0.211. The first-order chi connectivity index (χ1) is 15.6. The Morgan fingerprint density at radius 1 is 1.06 bits per heavy atom. The van der Waals surface area contributed by atoms with Gasteiger partial charge in [-0.15, -0.1) is 0 Å². The summed E-state index contributed by atoms with van der Waals surface area (Å²) in [7, 11) is 0. The van der Waals surface area contributed by atoms with Gasteiger partial charge in [-0.25, -0.2) is 0 Å². The van der Waals surface area contributed by atoms with E-state index in [9.17, 15) is 9.90 Å². The van der Waals surface area contributed by atoms with E-state index in [2.05, 4.69) is 22.8 Å². The Balaban J connectivity index is 1.57. The molecular weight excluding hydrogens is 420 g/mol. The smallest absolute Gasteiger partial charge is 0.282 e. The molecule has 3 aromatic rings. The summed E-state index contributed by atoms with van der Waals surface area (Å²) in [6, 6.07) is 12.7. The van der Waals surface area contributed by atoms with E-state index < -0.39 is 0 Å². The predicted molar refractivity (Wildman–Crippen MR) is 128 cm³/mol. The minimum Gasteiger partial charge on any atom is -0.396 e. The van der Waals surface area contributed by atoms with Crippen molar-refractivity contribution in [2.45, 2.75) is 69.1 Å². The topological polar surface area (TPSA) is 55.1 Å². The summed E-state index contributed by atoms with van der Waals surface area (Å²) in [5, 5.41) is 10.5. The van der Waals surface area contributed by atoms with Gasteiger partial charge in [-0.05, 0) is 79.7 Å². The standard InChI is InChI=1S/C27H29ClN2O2/c28-21-5-4-6-22-24(21)25(32)29-26-27(13-2-1-3-14-27)20-12-11-19(15-23(20)30(22)26)18-9-7-17(16-31)8-10-18/h4-6,11-12,15,17-18,31H,1-3,7-10,13-14,16H2. The van der Waals surface area contributed by atoms with Crippen LogP contribution in [0.1, 0.15) is 80.7 Å². The second-order valence-corrected chi connectivity index (χ2v) is 10.4. The predicted octanol–water partition coefficient (Wildman–Crippen LogP) is 5.87. The molecule has 1 spiro atoms. The van der Waals surface area contributed by atoms with Gasteiger partial charge in [0, 0.05) is 6.61 Å². The van der Waals surface area contributed by atoms with Gasteiger partial charge in [0.05, 0.1) is 27.0 Å². The van der Waals surface area contributed by atoms with Crippen LogP contribution in [0.5, 0.6) is 0 Å². The lowest BCUT2D eigenvalue weighted by molar-refractivity contribution is 0.182. The van der Waals surface area contributed by atoms with Crippen LogP contribution < -0.4 is 5.56 Å². The highest BCUT2D eigenvalue weighted by Gasteiger charge is 2.46. The summed E-state index contributed by atoms with van der Waals surface area (Å²) in [4.78, 5) is 17.8. The number of hydrogen-bond donors (Lipinski definition) is 1. The normalized spacial score (nSPS) is 23.9. The third kappa shape index (κ3) is 2.92. The lowest BCUT2D eigenvalue weighted by atomic mass is 9.69. The molecule has 2 fully saturated rings. The molecule has 1 aliphatic heterocycles. The third-order valence-corrected chi connectivity index (χ3v) is 8.67. The van der Waals surface area contributed by atoms with Gasteiger partial charge in [-0.1, -0.05) is 49.1 Å². The van der Waals surface area contributed by atoms with Crippen molar-refractivity contribution in [2.24, 2.45) is 5.92 Å². The van der Waals surface area contributed by atoms with Crippen LogP contribution in [0.3, 0.4) is 0 Å². The maximum Gasteiger partial charge on any atom is 0.282 e. The van der Waals surface area contributed by atoms with Gasteiger partial charge >= 0.3 is 0 Å². The van der Waals surface area contributed by atoms with Crippen molar-refractivity contribution in [1.29, 1.82) is 0 Å². The summed E-state index contributed by atoms with van der Waals surface area (Å²) in [6.07, 6.45) is 10.1. The van der Waals surface area contributed by atoms with Crippen molar-refractivity contribution in [2.75, 3.05) is 6.61 Å². The molecule has 0 radical (unpaired) electrons. The van der Waals surface area contributed by atoms with Crippen molar-refractivity contribution in [1.82, 2.24) is 9.55 Å². The monoisotopic (exact) mass is 448 g/mol. The average molecular weight is 449 g/mol. The van der Waals surface area contributed by atoms with E-state index in [0.29, 0.717) is 28.9 Å². The molecule has 0 unspecified atom stereocenters. The van der Waals surface area contributed by atoms with Crippen LogP contribution in [0.4, 0.5) is 0 Å². The molecule has 2 heterocycles. The van der Waals surface area contributed by atoms with E-state index in [1.54, 1.807) is 6.07 Å². The second kappa shape index (κ2) is 7.71. The van der Waals surface area contributed by atoms with E-state index in [4.69, 9.17) is 16.6 Å². The molecule has 5 heteroatoms. The van der Waals surface area contributed by atoms with E-state index in [1.165, 1.54) is 23.2 Å². The molecule has 0 amide bonds. The molecule has 3 aliphatic rings. The van der Waals surface area contributed by atoms with Crippen molar-refractivity contribution >= 4 is 22.5 Å². The number of benzene rings is 2. The van der Waals surface area contributed by atoms with Crippen LogP contribution >= 0.6 is 11.6 Å². The molecule has 6 rings (SSSR count). The fraction of sp³-hybridized carbons (Fsp3) is 0.481. The van der Waals surface area contributed by atoms with Gasteiger partial charge in [0.15, 0.2) is 0 Å². The van der Waals surface area contributed by atoms with E-state index >= 15 is 0 Å². The van der Waals surface area contributed by atoms with E-state index in [1.807, 2.05) is 12.1 Å². The number of fused-ring (bicyclic) bond motifs is 7. The molecule has 2 aliphatic carbocycles. The number of rotatable bonds is 2. The summed E-state index contributed by atoms with van der Waals surface area (Å²) >= 11 is 6.48. The zero-order valence-corrected chi connectivity index (χ0v) is 19.1. The number of aliphatic hydroxyl groups is 1. The van der Waals surface area contributed by atoms with Crippen molar-refractivity contribution in [3.8, 4) is 5.69 Å². The van der Waals surface area contributed by atoms with Gasteiger partial charge in [0.25, 0.3) is 5.56 Å². The SMILES string of the molecule is O=c1nc2n(c3cccc(Cl)c13)-c1cc(C3CCC(CO)CC3)ccc1C21CCCCC1. The molecule has 166 valence electrons. The summed E-state index contributed by atoms with van der Waals surface area (Å²) in [5.74, 6) is 1.89. The van der Waals surface area contributed by atoms with Crippen LogP contribution in [0.25, 0.3) is 16.6 Å². The summed E-state index contributed by atoms with van der Waals surface area (Å²) < 4.78 is 2.24. The molecule has 1 aromatic heterocycles. The second-order valence-electron chi connectivity index (χ2n) is 10.0. The molecule has 0 atom stereocenters. The molecule has 2 aromatic carbocycles. The Morgan fingerprint density at radius 2 is 1.84 bits per heavy atom. The highest BCUT2D eigenvalue weighted by Crippen LogP contribution is 2.52. The first kappa shape index (κ1) is 20.4. The maximum atomic E-state index is 13.1. The zero-order chi connectivity index (χ0) is 21.9. The quantitative estimate of drug-likeness (QED) is 0.533. The van der Waals surface area contributed by atoms with Gasteiger partial charge in [-0.2, -0.15) is 4.98 Å². The molecule has 32 heavy (non-hydrogen) atoms. The van der Waals surface area contributed by atoms with Crippen LogP contribution in [0, 0.1) is 5.92 Å². The Morgan fingerprint density at radius 3 is 2.59 bits per heavy atom. The number of hydrogen-bond acceptors (Lipinski definition) is 3. The third-order valence-electron chi connectivity index (χ3n) is 8.36. The maximum absolute atomic E-state index is 13.1. The molecule has 0 bridgehead atoms. The van der Waals surface area contributed by atoms with Gasteiger partial charge in [0.1, 0.15) is 5.82 Å². The number of aliphatic hydroxyl groups excluding tert-OH is 1. The first-order valence-electron chi connectivity index (χ1n) is 12.1. The zero-order valence-electron chi connectivity index (χ0n) is 18.3. The molecule has 2 saturated carbocycles. The largest absolute Gasteiger partial charge is 0.396 e. The Labute approximate surface area is 193 Å². The van der Waals surface area contributed by atoms with Crippen molar-refractivity contribution in [3.63, 3.8) is 0 Å².